The predicted octanol–water partition coefficient (Wildman–Crippen LogP) is 1.54. The number of carbonyl (C=O) groups is 1. The lowest BCUT2D eigenvalue weighted by Gasteiger charge is -2.09. The molecule has 0 aliphatic rings. The molecule has 0 unspecified atom stereocenters. The van der Waals surface area contributed by atoms with Gasteiger partial charge in [0.05, 0.1) is 7.11 Å². The standard InChI is InChI=1S/C11H16N2O3/c1-12-9-6-10(16-2)13-7-8(9)4-3-5-11(14)15/h6-7H,3-5H2,1-2H3,(H,12,13)(H,14,15). The molecule has 0 saturated carbocycles. The molecule has 0 amide bonds. The lowest BCUT2D eigenvalue weighted by Crippen LogP contribution is -2.01. The maximum atomic E-state index is 10.4. The third-order valence-corrected chi connectivity index (χ3v) is 2.28. The Morgan fingerprint density at radius 2 is 2.38 bits per heavy atom. The highest BCUT2D eigenvalue weighted by Crippen LogP contribution is 2.20. The number of nitrogens with one attached hydrogen (secondary N) is 1. The van der Waals surface area contributed by atoms with Crippen LogP contribution in [0.2, 0.25) is 0 Å². The van der Waals surface area contributed by atoms with Crippen LogP contribution in [0.25, 0.3) is 0 Å². The first-order valence-electron chi connectivity index (χ1n) is 5.10. The van der Waals surface area contributed by atoms with E-state index in [-0.39, 0.29) is 6.42 Å². The summed E-state index contributed by atoms with van der Waals surface area (Å²) in [5.74, 6) is -0.223. The summed E-state index contributed by atoms with van der Waals surface area (Å²) in [6.45, 7) is 0. The molecular formula is C11H16N2O3. The normalized spacial score (nSPS) is 9.88. The largest absolute Gasteiger partial charge is 0.481 e. The van der Waals surface area contributed by atoms with Gasteiger partial charge in [0.1, 0.15) is 0 Å². The Morgan fingerprint density at radius 1 is 1.62 bits per heavy atom. The lowest BCUT2D eigenvalue weighted by atomic mass is 10.1. The van der Waals surface area contributed by atoms with E-state index < -0.39 is 5.97 Å². The van der Waals surface area contributed by atoms with Gasteiger partial charge in [-0.15, -0.1) is 0 Å². The molecule has 16 heavy (non-hydrogen) atoms. The van der Waals surface area contributed by atoms with Crippen LogP contribution in [0.5, 0.6) is 5.88 Å². The van der Waals surface area contributed by atoms with Crippen molar-refractivity contribution >= 4 is 11.7 Å². The maximum Gasteiger partial charge on any atom is 0.303 e. The van der Waals surface area contributed by atoms with Gasteiger partial charge in [0.2, 0.25) is 5.88 Å². The number of nitrogens with zero attached hydrogens (tertiary/aromatic N) is 1. The van der Waals surface area contributed by atoms with Gasteiger partial charge in [-0.1, -0.05) is 0 Å². The van der Waals surface area contributed by atoms with E-state index in [1.807, 2.05) is 7.05 Å². The molecule has 0 bridgehead atoms. The summed E-state index contributed by atoms with van der Waals surface area (Å²) in [5, 5.41) is 11.6. The Morgan fingerprint density at radius 3 is 2.94 bits per heavy atom. The first-order chi connectivity index (χ1) is 7.67. The molecule has 0 radical (unpaired) electrons. The molecule has 1 aromatic rings. The molecule has 1 heterocycles. The number of aliphatic carboxylic acids is 1. The van der Waals surface area contributed by atoms with Crippen LogP contribution >= 0.6 is 0 Å². The molecule has 0 saturated heterocycles. The fourth-order valence-electron chi connectivity index (χ4n) is 1.44. The van der Waals surface area contributed by atoms with E-state index in [9.17, 15) is 4.79 Å². The number of anilines is 1. The second-order valence-electron chi connectivity index (χ2n) is 3.38. The summed E-state index contributed by atoms with van der Waals surface area (Å²) in [4.78, 5) is 14.5. The van der Waals surface area contributed by atoms with Crippen molar-refractivity contribution in [2.45, 2.75) is 19.3 Å². The summed E-state index contributed by atoms with van der Waals surface area (Å²) in [6, 6.07) is 1.80. The fraction of sp³-hybridized carbons (Fsp3) is 0.455. The van der Waals surface area contributed by atoms with Crippen molar-refractivity contribution in [1.29, 1.82) is 0 Å². The summed E-state index contributed by atoms with van der Waals surface area (Å²) < 4.78 is 5.01. The topological polar surface area (TPSA) is 71.5 Å². The van der Waals surface area contributed by atoms with Gasteiger partial charge in [-0.05, 0) is 18.4 Å². The van der Waals surface area contributed by atoms with Gasteiger partial charge in [0.25, 0.3) is 0 Å². The van der Waals surface area contributed by atoms with Crippen molar-refractivity contribution in [3.8, 4) is 5.88 Å². The van der Waals surface area contributed by atoms with Crippen LogP contribution < -0.4 is 10.1 Å². The van der Waals surface area contributed by atoms with Crippen molar-refractivity contribution < 1.29 is 14.6 Å². The van der Waals surface area contributed by atoms with Crippen LogP contribution in [0.1, 0.15) is 18.4 Å². The molecule has 5 nitrogen and oxygen atoms in total. The molecule has 1 rings (SSSR count). The van der Waals surface area contributed by atoms with E-state index in [4.69, 9.17) is 9.84 Å². The zero-order chi connectivity index (χ0) is 12.0. The number of pyridine rings is 1. The zero-order valence-corrected chi connectivity index (χ0v) is 9.49. The average molecular weight is 224 g/mol. The van der Waals surface area contributed by atoms with Crippen LogP contribution in [0, 0.1) is 0 Å². The highest BCUT2D eigenvalue weighted by molar-refractivity contribution is 5.66. The molecular weight excluding hydrogens is 208 g/mol. The predicted molar refractivity (Wildman–Crippen MR) is 60.9 cm³/mol. The van der Waals surface area contributed by atoms with E-state index in [0.717, 1.165) is 11.3 Å². The minimum Gasteiger partial charge on any atom is -0.481 e. The number of carboxylic acids is 1. The first-order valence-corrected chi connectivity index (χ1v) is 5.10. The summed E-state index contributed by atoms with van der Waals surface area (Å²) in [7, 11) is 3.38. The molecule has 0 aromatic carbocycles. The van der Waals surface area contributed by atoms with Crippen molar-refractivity contribution in [3.63, 3.8) is 0 Å². The van der Waals surface area contributed by atoms with E-state index in [1.165, 1.54) is 0 Å². The second-order valence-corrected chi connectivity index (χ2v) is 3.38. The van der Waals surface area contributed by atoms with Gasteiger partial charge < -0.3 is 15.2 Å². The van der Waals surface area contributed by atoms with Gasteiger partial charge in [0, 0.05) is 31.4 Å². The Kier molecular flexibility index (Phi) is 4.57. The molecule has 1 aromatic heterocycles. The quantitative estimate of drug-likeness (QED) is 0.766. The average Bonchev–Trinajstić information content (AvgIpc) is 2.29. The molecule has 0 aliphatic carbocycles. The summed E-state index contributed by atoms with van der Waals surface area (Å²) in [5.41, 5.74) is 1.93. The Bertz CT molecular complexity index is 366. The Balaban J connectivity index is 2.68. The number of carboxylic acid groups (broad SMARTS) is 1. The number of hydrogen-bond acceptors (Lipinski definition) is 4. The van der Waals surface area contributed by atoms with Crippen molar-refractivity contribution in [1.82, 2.24) is 4.98 Å². The zero-order valence-electron chi connectivity index (χ0n) is 9.49. The molecule has 0 aliphatic heterocycles. The smallest absolute Gasteiger partial charge is 0.303 e. The van der Waals surface area contributed by atoms with Gasteiger partial charge in [0.15, 0.2) is 0 Å². The van der Waals surface area contributed by atoms with Crippen LogP contribution in [0.4, 0.5) is 5.69 Å². The number of methoxy groups -OCH3 is 1. The minimum absolute atomic E-state index is 0.176. The Labute approximate surface area is 94.5 Å². The van der Waals surface area contributed by atoms with Crippen LogP contribution in [-0.2, 0) is 11.2 Å². The number of rotatable bonds is 6. The highest BCUT2D eigenvalue weighted by atomic mass is 16.5. The van der Waals surface area contributed by atoms with Crippen molar-refractivity contribution in [2.24, 2.45) is 0 Å². The molecule has 88 valence electrons. The summed E-state index contributed by atoms with van der Waals surface area (Å²) in [6.07, 6.45) is 3.19. The fourth-order valence-corrected chi connectivity index (χ4v) is 1.44. The van der Waals surface area contributed by atoms with E-state index in [2.05, 4.69) is 10.3 Å². The number of hydrogen-bond donors (Lipinski definition) is 2. The first kappa shape index (κ1) is 12.3. The second kappa shape index (κ2) is 5.95. The van der Waals surface area contributed by atoms with Crippen molar-refractivity contribution in [2.75, 3.05) is 19.5 Å². The third-order valence-electron chi connectivity index (χ3n) is 2.28. The molecule has 0 fully saturated rings. The van der Waals surface area contributed by atoms with Crippen LogP contribution in [0.3, 0.4) is 0 Å². The summed E-state index contributed by atoms with van der Waals surface area (Å²) >= 11 is 0. The van der Waals surface area contributed by atoms with Crippen LogP contribution in [0.15, 0.2) is 12.3 Å². The van der Waals surface area contributed by atoms with Crippen LogP contribution in [-0.4, -0.2) is 30.2 Å². The minimum atomic E-state index is -0.771. The molecule has 5 heteroatoms. The molecule has 0 atom stereocenters. The third kappa shape index (κ3) is 3.42. The molecule has 0 spiro atoms. The van der Waals surface area contributed by atoms with Gasteiger partial charge in [-0.3, -0.25) is 4.79 Å². The Hall–Kier alpha value is -1.78. The monoisotopic (exact) mass is 224 g/mol. The van der Waals surface area contributed by atoms with Gasteiger partial charge >= 0.3 is 5.97 Å². The van der Waals surface area contributed by atoms with Gasteiger partial charge in [-0.25, -0.2) is 4.98 Å². The van der Waals surface area contributed by atoms with Crippen molar-refractivity contribution in [3.05, 3.63) is 17.8 Å². The maximum absolute atomic E-state index is 10.4. The van der Waals surface area contributed by atoms with E-state index >= 15 is 0 Å². The lowest BCUT2D eigenvalue weighted by molar-refractivity contribution is -0.137. The number of aromatic nitrogens is 1. The van der Waals surface area contributed by atoms with E-state index in [1.54, 1.807) is 19.4 Å². The van der Waals surface area contributed by atoms with Gasteiger partial charge in [-0.2, -0.15) is 0 Å². The molecule has 2 N–H and O–H groups in total. The number of aryl methyl sites for hydroxylation is 1. The highest BCUT2D eigenvalue weighted by Gasteiger charge is 2.05. The van der Waals surface area contributed by atoms with E-state index in [0.29, 0.717) is 18.7 Å². The SMILES string of the molecule is CNc1cc(OC)ncc1CCCC(=O)O. The number of ether oxygens (including phenoxy) is 1.